The Kier molecular flexibility index (Phi) is 2.15. The average molecular weight is 233 g/mol. The van der Waals surface area contributed by atoms with Crippen LogP contribution in [-0.4, -0.2) is 16.9 Å². The summed E-state index contributed by atoms with van der Waals surface area (Å²) in [6.07, 6.45) is 3.14. The molecule has 1 aliphatic carbocycles. The van der Waals surface area contributed by atoms with Crippen molar-refractivity contribution in [1.82, 2.24) is 0 Å². The Morgan fingerprint density at radius 2 is 2.25 bits per heavy atom. The highest BCUT2D eigenvalue weighted by atomic mass is 79.9. The van der Waals surface area contributed by atoms with Crippen LogP contribution in [0, 0.1) is 11.8 Å². The smallest absolute Gasteiger partial charge is 0.306 e. The molecule has 1 aliphatic heterocycles. The van der Waals surface area contributed by atoms with Crippen LogP contribution in [0.4, 0.5) is 0 Å². The van der Waals surface area contributed by atoms with Crippen LogP contribution in [0.15, 0.2) is 0 Å². The van der Waals surface area contributed by atoms with Gasteiger partial charge in [-0.25, -0.2) is 0 Å². The van der Waals surface area contributed by atoms with Gasteiger partial charge in [0.2, 0.25) is 0 Å². The lowest BCUT2D eigenvalue weighted by Crippen LogP contribution is -2.35. The predicted octanol–water partition coefficient (Wildman–Crippen LogP) is 2.11. The standard InChI is InChI=1S/C9H13BrO2/c1-5-2-3-7(10)9-6(5)4-8(11)12-9/h5-7,9H,2-4H2,1H3. The van der Waals surface area contributed by atoms with Gasteiger partial charge in [0.05, 0.1) is 11.2 Å². The van der Waals surface area contributed by atoms with Gasteiger partial charge >= 0.3 is 5.97 Å². The van der Waals surface area contributed by atoms with Gasteiger partial charge in [0, 0.05) is 5.92 Å². The van der Waals surface area contributed by atoms with E-state index in [4.69, 9.17) is 4.74 Å². The van der Waals surface area contributed by atoms with E-state index in [2.05, 4.69) is 22.9 Å². The molecular weight excluding hydrogens is 220 g/mol. The van der Waals surface area contributed by atoms with Crippen LogP contribution in [0.5, 0.6) is 0 Å². The second-order valence-corrected chi connectivity index (χ2v) is 5.07. The first-order valence-electron chi connectivity index (χ1n) is 4.52. The van der Waals surface area contributed by atoms with Crippen molar-refractivity contribution < 1.29 is 9.53 Å². The number of hydrogen-bond donors (Lipinski definition) is 0. The first-order valence-corrected chi connectivity index (χ1v) is 5.43. The van der Waals surface area contributed by atoms with E-state index in [1.807, 2.05) is 0 Å². The van der Waals surface area contributed by atoms with Crippen LogP contribution in [0.25, 0.3) is 0 Å². The molecule has 0 aromatic carbocycles. The lowest BCUT2D eigenvalue weighted by Gasteiger charge is -2.32. The van der Waals surface area contributed by atoms with Gasteiger partial charge in [-0.05, 0) is 18.8 Å². The van der Waals surface area contributed by atoms with E-state index < -0.39 is 0 Å². The van der Waals surface area contributed by atoms with Crippen molar-refractivity contribution in [3.63, 3.8) is 0 Å². The van der Waals surface area contributed by atoms with Crippen LogP contribution in [0.3, 0.4) is 0 Å². The topological polar surface area (TPSA) is 26.3 Å². The van der Waals surface area contributed by atoms with Crippen molar-refractivity contribution in [1.29, 1.82) is 0 Å². The van der Waals surface area contributed by atoms with Gasteiger partial charge in [-0.15, -0.1) is 0 Å². The summed E-state index contributed by atoms with van der Waals surface area (Å²) < 4.78 is 5.26. The van der Waals surface area contributed by atoms with E-state index in [0.29, 0.717) is 23.1 Å². The number of carbonyl (C=O) groups excluding carboxylic acids is 1. The molecular formula is C9H13BrO2. The molecule has 0 bridgehead atoms. The quantitative estimate of drug-likeness (QED) is 0.473. The molecule has 12 heavy (non-hydrogen) atoms. The number of hydrogen-bond acceptors (Lipinski definition) is 2. The number of carbonyl (C=O) groups is 1. The third-order valence-corrected chi connectivity index (χ3v) is 4.06. The highest BCUT2D eigenvalue weighted by Gasteiger charge is 2.44. The van der Waals surface area contributed by atoms with E-state index in [9.17, 15) is 4.79 Å². The highest BCUT2D eigenvalue weighted by Crippen LogP contribution is 2.41. The summed E-state index contributed by atoms with van der Waals surface area (Å²) in [6, 6.07) is 0. The van der Waals surface area contributed by atoms with Gasteiger partial charge in [-0.2, -0.15) is 0 Å². The van der Waals surface area contributed by atoms with Crippen molar-refractivity contribution in [3.05, 3.63) is 0 Å². The molecule has 0 spiro atoms. The van der Waals surface area contributed by atoms with E-state index in [1.165, 1.54) is 6.42 Å². The third kappa shape index (κ3) is 1.28. The molecule has 2 nitrogen and oxygen atoms in total. The van der Waals surface area contributed by atoms with E-state index >= 15 is 0 Å². The summed E-state index contributed by atoms with van der Waals surface area (Å²) in [6.45, 7) is 2.22. The van der Waals surface area contributed by atoms with Crippen molar-refractivity contribution >= 4 is 21.9 Å². The van der Waals surface area contributed by atoms with Crippen LogP contribution in [0.1, 0.15) is 26.2 Å². The number of fused-ring (bicyclic) bond motifs is 1. The zero-order chi connectivity index (χ0) is 8.72. The molecule has 4 unspecified atom stereocenters. The molecule has 1 heterocycles. The summed E-state index contributed by atoms with van der Waals surface area (Å²) >= 11 is 3.57. The van der Waals surface area contributed by atoms with Gasteiger partial charge in [0.1, 0.15) is 6.10 Å². The Hall–Kier alpha value is -0.0500. The van der Waals surface area contributed by atoms with E-state index in [-0.39, 0.29) is 12.1 Å². The van der Waals surface area contributed by atoms with Crippen molar-refractivity contribution in [2.45, 2.75) is 37.1 Å². The summed E-state index contributed by atoms with van der Waals surface area (Å²) in [4.78, 5) is 11.5. The summed E-state index contributed by atoms with van der Waals surface area (Å²) in [7, 11) is 0. The normalized spacial score (nSPS) is 47.0. The van der Waals surface area contributed by atoms with Gasteiger partial charge in [0.25, 0.3) is 0 Å². The summed E-state index contributed by atoms with van der Waals surface area (Å²) in [5, 5.41) is 0. The Labute approximate surface area is 80.8 Å². The Morgan fingerprint density at radius 1 is 1.50 bits per heavy atom. The average Bonchev–Trinajstić information content (AvgIpc) is 2.41. The fourth-order valence-electron chi connectivity index (χ4n) is 2.26. The van der Waals surface area contributed by atoms with Crippen molar-refractivity contribution in [3.8, 4) is 0 Å². The minimum absolute atomic E-state index is 0.0109. The zero-order valence-corrected chi connectivity index (χ0v) is 8.71. The SMILES string of the molecule is CC1CCC(Br)C2OC(=O)CC12. The lowest BCUT2D eigenvalue weighted by molar-refractivity contribution is -0.141. The molecule has 2 fully saturated rings. The van der Waals surface area contributed by atoms with Gasteiger partial charge < -0.3 is 4.74 Å². The van der Waals surface area contributed by atoms with Crippen molar-refractivity contribution in [2.24, 2.45) is 11.8 Å². The van der Waals surface area contributed by atoms with Crippen LogP contribution in [-0.2, 0) is 9.53 Å². The first-order chi connectivity index (χ1) is 5.68. The molecule has 1 saturated heterocycles. The largest absolute Gasteiger partial charge is 0.461 e. The monoisotopic (exact) mass is 232 g/mol. The van der Waals surface area contributed by atoms with E-state index in [0.717, 1.165) is 6.42 Å². The number of alkyl halides is 1. The second kappa shape index (κ2) is 3.02. The molecule has 2 rings (SSSR count). The molecule has 3 heteroatoms. The maximum Gasteiger partial charge on any atom is 0.306 e. The van der Waals surface area contributed by atoms with Gasteiger partial charge in [0.15, 0.2) is 0 Å². The van der Waals surface area contributed by atoms with Crippen LogP contribution >= 0.6 is 15.9 Å². The minimum Gasteiger partial charge on any atom is -0.461 e. The molecule has 0 N–H and O–H groups in total. The second-order valence-electron chi connectivity index (χ2n) is 3.89. The Balaban J connectivity index is 2.14. The number of esters is 1. The molecule has 68 valence electrons. The maximum absolute atomic E-state index is 11.1. The zero-order valence-electron chi connectivity index (χ0n) is 7.13. The molecule has 0 radical (unpaired) electrons. The summed E-state index contributed by atoms with van der Waals surface area (Å²) in [5.74, 6) is 1.11. The van der Waals surface area contributed by atoms with Gasteiger partial charge in [-0.1, -0.05) is 22.9 Å². The summed E-state index contributed by atoms with van der Waals surface area (Å²) in [5.41, 5.74) is 0. The number of halogens is 1. The molecule has 0 aromatic rings. The molecule has 0 amide bonds. The molecule has 4 atom stereocenters. The van der Waals surface area contributed by atoms with E-state index in [1.54, 1.807) is 0 Å². The predicted molar refractivity (Wildman–Crippen MR) is 49.1 cm³/mol. The highest BCUT2D eigenvalue weighted by molar-refractivity contribution is 9.09. The molecule has 2 aliphatic rings. The Bertz CT molecular complexity index is 185. The van der Waals surface area contributed by atoms with Crippen LogP contribution < -0.4 is 0 Å². The third-order valence-electron chi connectivity index (χ3n) is 3.08. The van der Waals surface area contributed by atoms with Crippen molar-refractivity contribution in [2.75, 3.05) is 0 Å². The molecule has 0 aromatic heterocycles. The minimum atomic E-state index is -0.0109. The fraction of sp³-hybridized carbons (Fsp3) is 0.889. The number of ether oxygens (including phenoxy) is 1. The molecule has 1 saturated carbocycles. The number of rotatable bonds is 0. The first kappa shape index (κ1) is 8.54. The fourth-order valence-corrected chi connectivity index (χ4v) is 3.03. The lowest BCUT2D eigenvalue weighted by atomic mass is 9.78. The Morgan fingerprint density at radius 3 is 2.92 bits per heavy atom. The van der Waals surface area contributed by atoms with Crippen LogP contribution in [0.2, 0.25) is 0 Å². The van der Waals surface area contributed by atoms with Gasteiger partial charge in [-0.3, -0.25) is 4.79 Å². The maximum atomic E-state index is 11.1.